The summed E-state index contributed by atoms with van der Waals surface area (Å²) in [6.45, 7) is 2.88. The molecule has 1 saturated heterocycles. The number of rotatable bonds is 2. The lowest BCUT2D eigenvalue weighted by Crippen LogP contribution is -2.41. The van der Waals surface area contributed by atoms with Crippen molar-refractivity contribution < 1.29 is 14.3 Å². The first kappa shape index (κ1) is 12.5. The minimum atomic E-state index is -0.401. The van der Waals surface area contributed by atoms with Crippen molar-refractivity contribution in [3.8, 4) is 0 Å². The van der Waals surface area contributed by atoms with Gasteiger partial charge in [0.2, 0.25) is 0 Å². The maximum Gasteiger partial charge on any atom is 0.410 e. The number of amides is 1. The average Bonchev–Trinajstić information content (AvgIpc) is 2.93. The number of fused-ring (bicyclic) bond motifs is 1. The van der Waals surface area contributed by atoms with Gasteiger partial charge < -0.3 is 4.74 Å². The van der Waals surface area contributed by atoms with Crippen LogP contribution in [0.25, 0.3) is 0 Å². The van der Waals surface area contributed by atoms with Crippen LogP contribution in [0, 0.1) is 0 Å². The summed E-state index contributed by atoms with van der Waals surface area (Å²) >= 11 is 1.66. The fourth-order valence-corrected chi connectivity index (χ4v) is 3.34. The Kier molecular flexibility index (Phi) is 3.01. The number of hydrogen-bond donors (Lipinski definition) is 0. The molecule has 1 fully saturated rings. The number of nitrogens with zero attached hydrogens (tertiary/aromatic N) is 1. The topological polar surface area (TPSA) is 46.6 Å². The molecule has 0 aromatic heterocycles. The number of carbonyl (C=O) groups excluding carboxylic acids is 2. The van der Waals surface area contributed by atoms with E-state index in [9.17, 15) is 9.59 Å². The first-order chi connectivity index (χ1) is 9.13. The highest BCUT2D eigenvalue weighted by molar-refractivity contribution is 7.98. The van der Waals surface area contributed by atoms with Crippen molar-refractivity contribution in [3.05, 3.63) is 29.3 Å². The Morgan fingerprint density at radius 2 is 2.16 bits per heavy atom. The van der Waals surface area contributed by atoms with Crippen molar-refractivity contribution in [2.45, 2.75) is 23.8 Å². The second-order valence-electron chi connectivity index (χ2n) is 4.86. The molecule has 5 heteroatoms. The Labute approximate surface area is 116 Å². The summed E-state index contributed by atoms with van der Waals surface area (Å²) in [5, 5.41) is 0. The van der Waals surface area contributed by atoms with E-state index in [0.717, 1.165) is 16.0 Å². The Morgan fingerprint density at radius 3 is 2.79 bits per heavy atom. The van der Waals surface area contributed by atoms with Crippen molar-refractivity contribution in [1.29, 1.82) is 0 Å². The van der Waals surface area contributed by atoms with Crippen molar-refractivity contribution in [2.75, 3.05) is 19.4 Å². The van der Waals surface area contributed by atoms with Gasteiger partial charge in [0.15, 0.2) is 5.78 Å². The molecule has 0 radical (unpaired) electrons. The van der Waals surface area contributed by atoms with Crippen LogP contribution in [0.5, 0.6) is 0 Å². The standard InChI is InChI=1S/C14H15NO3S/c1-8-11-7-9(19-2)3-4-10(11)13(16)12(8)15-5-6-18-14(15)17/h3-4,7-8,12H,5-6H2,1-2H3/t8-,12+/m1/s1. The molecule has 1 aromatic rings. The quantitative estimate of drug-likeness (QED) is 0.779. The minimum Gasteiger partial charge on any atom is -0.448 e. The molecule has 1 heterocycles. The summed E-state index contributed by atoms with van der Waals surface area (Å²) in [7, 11) is 0. The molecular weight excluding hydrogens is 262 g/mol. The third-order valence-electron chi connectivity index (χ3n) is 3.89. The van der Waals surface area contributed by atoms with Gasteiger partial charge in [0.25, 0.3) is 0 Å². The van der Waals surface area contributed by atoms with Crippen LogP contribution in [0.1, 0.15) is 28.8 Å². The summed E-state index contributed by atoms with van der Waals surface area (Å²) in [6, 6.07) is 5.49. The lowest BCUT2D eigenvalue weighted by molar-refractivity contribution is 0.0856. The number of cyclic esters (lactones) is 1. The predicted octanol–water partition coefficient (Wildman–Crippen LogP) is 2.53. The molecule has 100 valence electrons. The second kappa shape index (κ2) is 4.56. The van der Waals surface area contributed by atoms with E-state index in [1.165, 1.54) is 0 Å². The van der Waals surface area contributed by atoms with Crippen LogP contribution in [0.4, 0.5) is 4.79 Å². The van der Waals surface area contributed by atoms with Crippen LogP contribution in [-0.4, -0.2) is 42.2 Å². The van der Waals surface area contributed by atoms with Crippen LogP contribution < -0.4 is 0 Å². The maximum absolute atomic E-state index is 12.5. The first-order valence-corrected chi connectivity index (χ1v) is 7.51. The van der Waals surface area contributed by atoms with Crippen LogP contribution in [0.15, 0.2) is 23.1 Å². The van der Waals surface area contributed by atoms with Crippen LogP contribution in [0.2, 0.25) is 0 Å². The molecule has 2 aliphatic rings. The summed E-state index contributed by atoms with van der Waals surface area (Å²) in [6.07, 6.45) is 1.64. The lowest BCUT2D eigenvalue weighted by Gasteiger charge is -2.23. The summed E-state index contributed by atoms with van der Waals surface area (Å²) in [5.41, 5.74) is 1.79. The molecule has 0 saturated carbocycles. The molecule has 0 bridgehead atoms. The average molecular weight is 277 g/mol. The molecule has 0 N–H and O–H groups in total. The van der Waals surface area contributed by atoms with E-state index in [0.29, 0.717) is 13.2 Å². The van der Waals surface area contributed by atoms with Gasteiger partial charge in [0.1, 0.15) is 12.6 Å². The largest absolute Gasteiger partial charge is 0.448 e. The molecule has 1 amide bonds. The number of ether oxygens (including phenoxy) is 1. The van der Waals surface area contributed by atoms with Gasteiger partial charge in [-0.3, -0.25) is 9.69 Å². The van der Waals surface area contributed by atoms with Crippen LogP contribution >= 0.6 is 11.8 Å². The Hall–Kier alpha value is -1.49. The van der Waals surface area contributed by atoms with E-state index in [1.54, 1.807) is 16.7 Å². The molecule has 0 unspecified atom stereocenters. The molecule has 1 aliphatic carbocycles. The van der Waals surface area contributed by atoms with E-state index < -0.39 is 6.04 Å². The van der Waals surface area contributed by atoms with E-state index in [-0.39, 0.29) is 17.8 Å². The highest BCUT2D eigenvalue weighted by atomic mass is 32.2. The van der Waals surface area contributed by atoms with Gasteiger partial charge in [-0.05, 0) is 30.0 Å². The zero-order valence-corrected chi connectivity index (χ0v) is 11.7. The lowest BCUT2D eigenvalue weighted by atomic mass is 10.00. The van der Waals surface area contributed by atoms with Crippen molar-refractivity contribution in [3.63, 3.8) is 0 Å². The maximum atomic E-state index is 12.5. The van der Waals surface area contributed by atoms with Gasteiger partial charge in [-0.1, -0.05) is 6.92 Å². The smallest absolute Gasteiger partial charge is 0.410 e. The normalized spacial score (nSPS) is 25.7. The van der Waals surface area contributed by atoms with E-state index >= 15 is 0 Å². The first-order valence-electron chi connectivity index (χ1n) is 6.29. The van der Waals surface area contributed by atoms with Crippen molar-refractivity contribution >= 4 is 23.6 Å². The Bertz CT molecular complexity index is 558. The van der Waals surface area contributed by atoms with Gasteiger partial charge in [-0.2, -0.15) is 0 Å². The highest BCUT2D eigenvalue weighted by Crippen LogP contribution is 2.38. The third kappa shape index (κ3) is 1.84. The molecule has 2 atom stereocenters. The fraction of sp³-hybridized carbons (Fsp3) is 0.429. The van der Waals surface area contributed by atoms with E-state index in [4.69, 9.17) is 4.74 Å². The summed E-state index contributed by atoms with van der Waals surface area (Å²) in [4.78, 5) is 26.9. The zero-order valence-electron chi connectivity index (χ0n) is 10.9. The molecule has 4 nitrogen and oxygen atoms in total. The van der Waals surface area contributed by atoms with Gasteiger partial charge in [0, 0.05) is 16.4 Å². The zero-order chi connectivity index (χ0) is 13.6. The summed E-state index contributed by atoms with van der Waals surface area (Å²) in [5.74, 6) is 0.0641. The van der Waals surface area contributed by atoms with Gasteiger partial charge in [-0.25, -0.2) is 4.79 Å². The molecular formula is C14H15NO3S. The number of thioether (sulfide) groups is 1. The number of hydrogen-bond acceptors (Lipinski definition) is 4. The third-order valence-corrected chi connectivity index (χ3v) is 4.61. The second-order valence-corrected chi connectivity index (χ2v) is 5.74. The van der Waals surface area contributed by atoms with Crippen molar-refractivity contribution in [2.24, 2.45) is 0 Å². The predicted molar refractivity (Wildman–Crippen MR) is 72.8 cm³/mol. The number of Topliss-reactive ketones (excluding diaryl/α,β-unsaturated/α-hetero) is 1. The fourth-order valence-electron chi connectivity index (χ4n) is 2.89. The Balaban J connectivity index is 1.99. The molecule has 0 spiro atoms. The van der Waals surface area contributed by atoms with Crippen molar-refractivity contribution in [1.82, 2.24) is 4.90 Å². The van der Waals surface area contributed by atoms with Crippen LogP contribution in [-0.2, 0) is 4.74 Å². The summed E-state index contributed by atoms with van der Waals surface area (Å²) < 4.78 is 4.95. The van der Waals surface area contributed by atoms with Crippen LogP contribution in [0.3, 0.4) is 0 Å². The van der Waals surface area contributed by atoms with Gasteiger partial charge in [-0.15, -0.1) is 11.8 Å². The molecule has 3 rings (SSSR count). The number of benzene rings is 1. The molecule has 1 aliphatic heterocycles. The SMILES string of the molecule is CSc1ccc2c(c1)[C@@H](C)[C@H](N1CCOC1=O)C2=O. The van der Waals surface area contributed by atoms with E-state index in [1.807, 2.05) is 25.3 Å². The van der Waals surface area contributed by atoms with Gasteiger partial charge in [0.05, 0.1) is 6.54 Å². The van der Waals surface area contributed by atoms with Gasteiger partial charge >= 0.3 is 6.09 Å². The molecule has 1 aromatic carbocycles. The van der Waals surface area contributed by atoms with E-state index in [2.05, 4.69) is 6.07 Å². The Morgan fingerprint density at radius 1 is 1.37 bits per heavy atom. The highest BCUT2D eigenvalue weighted by Gasteiger charge is 2.44. The minimum absolute atomic E-state index is 0.0280. The number of carbonyl (C=O) groups is 2. The molecule has 19 heavy (non-hydrogen) atoms. The number of ketones is 1. The monoisotopic (exact) mass is 277 g/mol.